The minimum atomic E-state index is -1.59. The molecule has 0 unspecified atom stereocenters. The summed E-state index contributed by atoms with van der Waals surface area (Å²) >= 11 is 0. The third-order valence-corrected chi connectivity index (χ3v) is 7.28. The van der Waals surface area contributed by atoms with Gasteiger partial charge in [-0.2, -0.15) is 0 Å². The second kappa shape index (κ2) is 18.9. The molecule has 0 fully saturated rings. The first-order valence-electron chi connectivity index (χ1n) is 15.5. The number of benzene rings is 2. The number of carboxylic acid groups (broad SMARTS) is 1. The number of carboxylic acids is 1. The summed E-state index contributed by atoms with van der Waals surface area (Å²) in [7, 11) is 0. The number of para-hydroxylation sites is 1. The fourth-order valence-corrected chi connectivity index (χ4v) is 4.81. The predicted octanol–water partition coefficient (Wildman–Crippen LogP) is -3.62. The third-order valence-electron chi connectivity index (χ3n) is 7.28. The van der Waals surface area contributed by atoms with Crippen molar-refractivity contribution in [2.45, 2.75) is 37.4 Å². The molecule has 13 N–H and O–H groups in total. The van der Waals surface area contributed by atoms with Crippen LogP contribution in [0.2, 0.25) is 0 Å². The molecule has 0 aliphatic rings. The van der Waals surface area contributed by atoms with Crippen molar-refractivity contribution in [3.05, 3.63) is 65.9 Å². The van der Waals surface area contributed by atoms with Crippen LogP contribution in [-0.4, -0.2) is 107 Å². The highest BCUT2D eigenvalue weighted by atomic mass is 16.4. The van der Waals surface area contributed by atoms with E-state index < -0.39 is 98.0 Å². The summed E-state index contributed by atoms with van der Waals surface area (Å²) < 4.78 is 0. The molecule has 3 aromatic rings. The van der Waals surface area contributed by atoms with Crippen molar-refractivity contribution in [3.63, 3.8) is 0 Å². The van der Waals surface area contributed by atoms with Crippen molar-refractivity contribution >= 4 is 58.2 Å². The number of fused-ring (bicyclic) bond motifs is 1. The van der Waals surface area contributed by atoms with Crippen molar-refractivity contribution < 1.29 is 48.6 Å². The number of phenolic OH excluding ortho intramolecular Hbond substituents is 1. The number of aromatic nitrogens is 1. The van der Waals surface area contributed by atoms with Gasteiger partial charge in [0.1, 0.15) is 23.9 Å². The lowest BCUT2D eigenvalue weighted by atomic mass is 10.0. The van der Waals surface area contributed by atoms with Crippen LogP contribution >= 0.6 is 0 Å². The number of carbonyl (C=O) groups excluding carboxylic acids is 7. The van der Waals surface area contributed by atoms with E-state index in [0.717, 1.165) is 10.9 Å². The zero-order valence-corrected chi connectivity index (χ0v) is 27.2. The Morgan fingerprint density at radius 1 is 0.686 bits per heavy atom. The number of carbonyl (C=O) groups is 8. The number of hydrogen-bond acceptors (Lipinski definition) is 10. The van der Waals surface area contributed by atoms with Gasteiger partial charge in [-0.05, 0) is 29.3 Å². The molecule has 0 bridgehead atoms. The molecular formula is C32H39N9O10. The number of aliphatic carboxylic acids is 1. The molecule has 3 rings (SSSR count). The SMILES string of the molecule is NCC(=O)N[C@@H](Cc1ccc(O)cc1)C(=O)NCC(=O)N[C@@H](Cc1c[nH]c2ccccc12)C(=O)NCC(=O)N[C@@H](CC(=O)O)C(=O)NCC(N)=O. The second-order valence-corrected chi connectivity index (χ2v) is 11.2. The van der Waals surface area contributed by atoms with E-state index in [4.69, 9.17) is 16.6 Å². The Hall–Kier alpha value is -6.50. The maximum Gasteiger partial charge on any atom is 0.305 e. The minimum Gasteiger partial charge on any atom is -0.508 e. The van der Waals surface area contributed by atoms with Crippen molar-refractivity contribution in [2.24, 2.45) is 11.5 Å². The Morgan fingerprint density at radius 2 is 1.22 bits per heavy atom. The van der Waals surface area contributed by atoms with Crippen LogP contribution in [0.4, 0.5) is 0 Å². The highest BCUT2D eigenvalue weighted by molar-refractivity contribution is 5.96. The van der Waals surface area contributed by atoms with E-state index in [1.807, 2.05) is 0 Å². The molecule has 0 saturated carbocycles. The van der Waals surface area contributed by atoms with Crippen LogP contribution in [0.5, 0.6) is 5.75 Å². The zero-order valence-electron chi connectivity index (χ0n) is 27.2. The summed E-state index contributed by atoms with van der Waals surface area (Å²) in [6.07, 6.45) is 0.749. The Labute approximate surface area is 290 Å². The van der Waals surface area contributed by atoms with E-state index in [9.17, 15) is 43.5 Å². The summed E-state index contributed by atoms with van der Waals surface area (Å²) in [5, 5.41) is 33.5. The first kappa shape index (κ1) is 38.9. The van der Waals surface area contributed by atoms with Crippen LogP contribution in [0.25, 0.3) is 10.9 Å². The lowest BCUT2D eigenvalue weighted by molar-refractivity contribution is -0.140. The molecule has 0 aliphatic carbocycles. The highest BCUT2D eigenvalue weighted by Gasteiger charge is 2.27. The molecule has 3 atom stereocenters. The quantitative estimate of drug-likeness (QED) is 0.0577. The first-order valence-corrected chi connectivity index (χ1v) is 15.5. The molecule has 1 aromatic heterocycles. The molecule has 0 aliphatic heterocycles. The van der Waals surface area contributed by atoms with Gasteiger partial charge in [0.15, 0.2) is 0 Å². The van der Waals surface area contributed by atoms with E-state index in [-0.39, 0.29) is 18.6 Å². The van der Waals surface area contributed by atoms with Gasteiger partial charge >= 0.3 is 5.97 Å². The first-order chi connectivity index (χ1) is 24.2. The number of nitrogens with one attached hydrogen (secondary N) is 7. The lowest BCUT2D eigenvalue weighted by Crippen LogP contribution is -2.55. The van der Waals surface area contributed by atoms with Crippen molar-refractivity contribution in [3.8, 4) is 5.75 Å². The van der Waals surface area contributed by atoms with E-state index >= 15 is 0 Å². The van der Waals surface area contributed by atoms with Gasteiger partial charge in [0.05, 0.1) is 32.6 Å². The Kier molecular flexibility index (Phi) is 14.4. The van der Waals surface area contributed by atoms with E-state index in [1.54, 1.807) is 42.6 Å². The van der Waals surface area contributed by atoms with Crippen LogP contribution < -0.4 is 43.4 Å². The van der Waals surface area contributed by atoms with Crippen LogP contribution in [-0.2, 0) is 51.2 Å². The monoisotopic (exact) mass is 709 g/mol. The maximum atomic E-state index is 13.3. The highest BCUT2D eigenvalue weighted by Crippen LogP contribution is 2.19. The summed E-state index contributed by atoms with van der Waals surface area (Å²) in [6, 6.07) is 9.07. The summed E-state index contributed by atoms with van der Waals surface area (Å²) in [6.45, 7) is -2.34. The molecule has 0 spiro atoms. The Bertz CT molecular complexity index is 1760. The maximum absolute atomic E-state index is 13.3. The second-order valence-electron chi connectivity index (χ2n) is 11.2. The molecule has 0 radical (unpaired) electrons. The van der Waals surface area contributed by atoms with Crippen molar-refractivity contribution in [1.82, 2.24) is 36.9 Å². The number of aromatic hydroxyl groups is 1. The number of primary amides is 1. The van der Waals surface area contributed by atoms with Gasteiger partial charge in [-0.15, -0.1) is 0 Å². The molecule has 2 aromatic carbocycles. The largest absolute Gasteiger partial charge is 0.508 e. The van der Waals surface area contributed by atoms with Gasteiger partial charge < -0.3 is 58.6 Å². The summed E-state index contributed by atoms with van der Waals surface area (Å²) in [5.74, 6) is -7.25. The Morgan fingerprint density at radius 3 is 1.80 bits per heavy atom. The van der Waals surface area contributed by atoms with E-state index in [1.165, 1.54) is 12.1 Å². The number of aromatic amines is 1. The molecular weight excluding hydrogens is 670 g/mol. The predicted molar refractivity (Wildman–Crippen MR) is 179 cm³/mol. The van der Waals surface area contributed by atoms with Gasteiger partial charge in [-0.3, -0.25) is 38.4 Å². The average molecular weight is 710 g/mol. The third kappa shape index (κ3) is 12.8. The van der Waals surface area contributed by atoms with Gasteiger partial charge in [-0.25, -0.2) is 0 Å². The number of amides is 7. The molecule has 19 nitrogen and oxygen atoms in total. The molecule has 19 heteroatoms. The van der Waals surface area contributed by atoms with Crippen molar-refractivity contribution in [2.75, 3.05) is 26.2 Å². The van der Waals surface area contributed by atoms with Crippen LogP contribution in [0.15, 0.2) is 54.7 Å². The van der Waals surface area contributed by atoms with Gasteiger partial charge in [0, 0.05) is 29.9 Å². The minimum absolute atomic E-state index is 0.00104. The number of rotatable bonds is 19. The fourth-order valence-electron chi connectivity index (χ4n) is 4.81. The topological polar surface area (TPSA) is 317 Å². The van der Waals surface area contributed by atoms with Crippen molar-refractivity contribution in [1.29, 1.82) is 0 Å². The molecule has 51 heavy (non-hydrogen) atoms. The number of hydrogen-bond donors (Lipinski definition) is 11. The smallest absolute Gasteiger partial charge is 0.305 e. The van der Waals surface area contributed by atoms with Gasteiger partial charge in [0.25, 0.3) is 0 Å². The summed E-state index contributed by atoms with van der Waals surface area (Å²) in [5.41, 5.74) is 12.3. The fraction of sp³-hybridized carbons (Fsp3) is 0.312. The van der Waals surface area contributed by atoms with Crippen LogP contribution in [0, 0.1) is 0 Å². The van der Waals surface area contributed by atoms with E-state index in [0.29, 0.717) is 11.1 Å². The molecule has 1 heterocycles. The van der Waals surface area contributed by atoms with Gasteiger partial charge in [0.2, 0.25) is 41.4 Å². The van der Waals surface area contributed by atoms with Gasteiger partial charge in [-0.1, -0.05) is 30.3 Å². The molecule has 7 amide bonds. The van der Waals surface area contributed by atoms with Crippen LogP contribution in [0.3, 0.4) is 0 Å². The standard InChI is InChI=1S/C32H39N9O10/c33-12-26(44)39-22(9-17-5-7-19(42)8-6-17)30(49)37-15-27(45)40-23(10-18-13-35-21-4-2-1-3-20(18)21)31(50)38-16-28(46)41-24(11-29(47)48)32(51)36-14-25(34)43/h1-8,13,22-24,35,42H,9-12,14-16,33H2,(H2,34,43)(H,36,51)(H,37,49)(H,38,50)(H,39,44)(H,40,45)(H,41,46)(H,47,48)/t22-,23-,24-/m0/s1. The van der Waals surface area contributed by atoms with Crippen LogP contribution in [0.1, 0.15) is 17.5 Å². The average Bonchev–Trinajstić information content (AvgIpc) is 3.50. The Balaban J connectivity index is 1.69. The zero-order chi connectivity index (χ0) is 37.5. The lowest BCUT2D eigenvalue weighted by Gasteiger charge is -2.21. The summed E-state index contributed by atoms with van der Waals surface area (Å²) in [4.78, 5) is 102. The molecule has 0 saturated heterocycles. The normalized spacial score (nSPS) is 12.4. The number of H-pyrrole nitrogens is 1. The number of nitrogens with two attached hydrogens (primary N) is 2. The molecule has 272 valence electrons. The van der Waals surface area contributed by atoms with E-state index in [2.05, 4.69) is 36.9 Å². The number of phenols is 1.